The standard InChI is InChI=1S/C9H14N2O2/c10-8(6-13)4-9-7(5-12)2-1-3-11-9/h1-3,8,12-13H,4-6,10H2/t8-/m1/s1. The van der Waals surface area contributed by atoms with Gasteiger partial charge in [0.1, 0.15) is 0 Å². The molecule has 0 aliphatic carbocycles. The van der Waals surface area contributed by atoms with Gasteiger partial charge in [0.2, 0.25) is 0 Å². The number of hydrogen-bond donors (Lipinski definition) is 3. The van der Waals surface area contributed by atoms with E-state index in [1.807, 2.05) is 0 Å². The Morgan fingerprint density at radius 3 is 2.85 bits per heavy atom. The van der Waals surface area contributed by atoms with Crippen molar-refractivity contribution in [2.24, 2.45) is 5.73 Å². The van der Waals surface area contributed by atoms with Gasteiger partial charge in [0, 0.05) is 24.4 Å². The quantitative estimate of drug-likeness (QED) is 0.583. The molecule has 0 aliphatic rings. The van der Waals surface area contributed by atoms with E-state index in [4.69, 9.17) is 15.9 Å². The predicted molar refractivity (Wildman–Crippen MR) is 48.9 cm³/mol. The van der Waals surface area contributed by atoms with Crippen molar-refractivity contribution in [1.82, 2.24) is 4.98 Å². The average Bonchev–Trinajstić information content (AvgIpc) is 2.18. The molecule has 13 heavy (non-hydrogen) atoms. The first-order chi connectivity index (χ1) is 6.27. The molecule has 1 atom stereocenters. The topological polar surface area (TPSA) is 79.4 Å². The van der Waals surface area contributed by atoms with Crippen LogP contribution in [0.2, 0.25) is 0 Å². The summed E-state index contributed by atoms with van der Waals surface area (Å²) in [6.07, 6.45) is 2.14. The smallest absolute Gasteiger partial charge is 0.0699 e. The van der Waals surface area contributed by atoms with Crippen LogP contribution < -0.4 is 5.73 Å². The third-order valence-corrected chi connectivity index (χ3v) is 1.84. The molecule has 0 aromatic carbocycles. The molecule has 1 aromatic rings. The maximum Gasteiger partial charge on any atom is 0.0699 e. The molecule has 0 saturated heterocycles. The van der Waals surface area contributed by atoms with E-state index in [0.717, 1.165) is 11.3 Å². The van der Waals surface area contributed by atoms with Gasteiger partial charge in [0.15, 0.2) is 0 Å². The van der Waals surface area contributed by atoms with Crippen molar-refractivity contribution >= 4 is 0 Å². The molecule has 0 bridgehead atoms. The Morgan fingerprint density at radius 1 is 1.46 bits per heavy atom. The van der Waals surface area contributed by atoms with E-state index in [0.29, 0.717) is 6.42 Å². The third-order valence-electron chi connectivity index (χ3n) is 1.84. The number of nitrogens with zero attached hydrogens (tertiary/aromatic N) is 1. The zero-order valence-electron chi connectivity index (χ0n) is 7.35. The summed E-state index contributed by atoms with van der Waals surface area (Å²) in [5.41, 5.74) is 7.08. The van der Waals surface area contributed by atoms with Gasteiger partial charge < -0.3 is 15.9 Å². The van der Waals surface area contributed by atoms with Gasteiger partial charge in [0.05, 0.1) is 13.2 Å². The van der Waals surface area contributed by atoms with E-state index < -0.39 is 0 Å². The second kappa shape index (κ2) is 4.91. The van der Waals surface area contributed by atoms with Crippen molar-refractivity contribution < 1.29 is 10.2 Å². The van der Waals surface area contributed by atoms with Crippen LogP contribution in [-0.2, 0) is 13.0 Å². The van der Waals surface area contributed by atoms with Crippen LogP contribution in [-0.4, -0.2) is 27.8 Å². The van der Waals surface area contributed by atoms with Gasteiger partial charge in [-0.1, -0.05) is 6.07 Å². The van der Waals surface area contributed by atoms with Crippen LogP contribution in [0.15, 0.2) is 18.3 Å². The first-order valence-electron chi connectivity index (χ1n) is 4.18. The molecule has 1 rings (SSSR count). The summed E-state index contributed by atoms with van der Waals surface area (Å²) in [5.74, 6) is 0. The normalized spacial score (nSPS) is 12.8. The van der Waals surface area contributed by atoms with Crippen LogP contribution in [0.3, 0.4) is 0 Å². The minimum absolute atomic E-state index is 0.0404. The first kappa shape index (κ1) is 10.1. The molecule has 4 heteroatoms. The SMILES string of the molecule is N[C@@H](CO)Cc1ncccc1CO. The third kappa shape index (κ3) is 2.77. The Kier molecular flexibility index (Phi) is 3.82. The van der Waals surface area contributed by atoms with E-state index in [9.17, 15) is 0 Å². The van der Waals surface area contributed by atoms with E-state index in [2.05, 4.69) is 4.98 Å². The number of aliphatic hydroxyl groups is 2. The Labute approximate surface area is 77.0 Å². The van der Waals surface area contributed by atoms with Crippen LogP contribution in [0.1, 0.15) is 11.3 Å². The minimum atomic E-state index is -0.305. The molecule has 1 heterocycles. The Morgan fingerprint density at radius 2 is 2.23 bits per heavy atom. The average molecular weight is 182 g/mol. The lowest BCUT2D eigenvalue weighted by atomic mass is 10.1. The summed E-state index contributed by atoms with van der Waals surface area (Å²) in [6, 6.07) is 3.26. The van der Waals surface area contributed by atoms with Crippen LogP contribution in [0.4, 0.5) is 0 Å². The highest BCUT2D eigenvalue weighted by Gasteiger charge is 2.07. The molecular formula is C9H14N2O2. The van der Waals surface area contributed by atoms with Crippen molar-refractivity contribution in [3.63, 3.8) is 0 Å². The number of rotatable bonds is 4. The molecule has 0 aliphatic heterocycles. The number of pyridine rings is 1. The molecule has 0 fully saturated rings. The number of hydrogen-bond acceptors (Lipinski definition) is 4. The Hall–Kier alpha value is -0.970. The Balaban J connectivity index is 2.74. The number of nitrogens with two attached hydrogens (primary N) is 1. The molecule has 4 nitrogen and oxygen atoms in total. The largest absolute Gasteiger partial charge is 0.395 e. The molecule has 1 aromatic heterocycles. The molecule has 72 valence electrons. The summed E-state index contributed by atoms with van der Waals surface area (Å²) in [6.45, 7) is -0.108. The fraction of sp³-hybridized carbons (Fsp3) is 0.444. The van der Waals surface area contributed by atoms with Gasteiger partial charge in [-0.25, -0.2) is 0 Å². The monoisotopic (exact) mass is 182 g/mol. The number of aliphatic hydroxyl groups excluding tert-OH is 2. The van der Waals surface area contributed by atoms with E-state index >= 15 is 0 Å². The lowest BCUT2D eigenvalue weighted by Crippen LogP contribution is -2.27. The van der Waals surface area contributed by atoms with E-state index in [1.54, 1.807) is 18.3 Å². The molecule has 0 unspecified atom stereocenters. The van der Waals surface area contributed by atoms with Crippen LogP contribution in [0.25, 0.3) is 0 Å². The fourth-order valence-electron chi connectivity index (χ4n) is 1.11. The molecule has 4 N–H and O–H groups in total. The number of aromatic nitrogens is 1. The highest BCUT2D eigenvalue weighted by Crippen LogP contribution is 2.06. The van der Waals surface area contributed by atoms with Crippen LogP contribution in [0, 0.1) is 0 Å². The highest BCUT2D eigenvalue weighted by molar-refractivity contribution is 5.19. The van der Waals surface area contributed by atoms with Gasteiger partial charge in [-0.2, -0.15) is 0 Å². The molecule has 0 amide bonds. The van der Waals surface area contributed by atoms with Crippen molar-refractivity contribution in [2.75, 3.05) is 6.61 Å². The first-order valence-corrected chi connectivity index (χ1v) is 4.18. The Bertz CT molecular complexity index is 266. The van der Waals surface area contributed by atoms with Crippen molar-refractivity contribution in [3.8, 4) is 0 Å². The van der Waals surface area contributed by atoms with Gasteiger partial charge in [-0.05, 0) is 11.6 Å². The zero-order valence-corrected chi connectivity index (χ0v) is 7.35. The summed E-state index contributed by atoms with van der Waals surface area (Å²) in [7, 11) is 0. The molecular weight excluding hydrogens is 168 g/mol. The maximum atomic E-state index is 8.96. The summed E-state index contributed by atoms with van der Waals surface area (Å²) in [4.78, 5) is 4.09. The van der Waals surface area contributed by atoms with Gasteiger partial charge >= 0.3 is 0 Å². The maximum absolute atomic E-state index is 8.96. The van der Waals surface area contributed by atoms with Gasteiger partial charge in [-0.15, -0.1) is 0 Å². The summed E-state index contributed by atoms with van der Waals surface area (Å²) in [5, 5.41) is 17.7. The second-order valence-electron chi connectivity index (χ2n) is 2.91. The summed E-state index contributed by atoms with van der Waals surface area (Å²) < 4.78 is 0. The van der Waals surface area contributed by atoms with Crippen molar-refractivity contribution in [2.45, 2.75) is 19.1 Å². The van der Waals surface area contributed by atoms with Crippen molar-refractivity contribution in [1.29, 1.82) is 0 Å². The van der Waals surface area contributed by atoms with Crippen molar-refractivity contribution in [3.05, 3.63) is 29.6 Å². The predicted octanol–water partition coefficient (Wildman–Crippen LogP) is -0.564. The second-order valence-corrected chi connectivity index (χ2v) is 2.91. The zero-order chi connectivity index (χ0) is 9.68. The summed E-state index contributed by atoms with van der Waals surface area (Å²) >= 11 is 0. The van der Waals surface area contributed by atoms with Crippen LogP contribution in [0.5, 0.6) is 0 Å². The fourth-order valence-corrected chi connectivity index (χ4v) is 1.11. The molecule has 0 spiro atoms. The van der Waals surface area contributed by atoms with Crippen LogP contribution >= 0.6 is 0 Å². The minimum Gasteiger partial charge on any atom is -0.395 e. The molecule has 0 saturated carbocycles. The lowest BCUT2D eigenvalue weighted by Gasteiger charge is -2.09. The lowest BCUT2D eigenvalue weighted by molar-refractivity contribution is 0.261. The van der Waals surface area contributed by atoms with E-state index in [1.165, 1.54) is 0 Å². The van der Waals surface area contributed by atoms with Gasteiger partial charge in [-0.3, -0.25) is 4.98 Å². The van der Waals surface area contributed by atoms with E-state index in [-0.39, 0.29) is 19.3 Å². The highest BCUT2D eigenvalue weighted by atomic mass is 16.3. The molecule has 0 radical (unpaired) electrons. The van der Waals surface area contributed by atoms with Gasteiger partial charge in [0.25, 0.3) is 0 Å².